The first-order valence-electron chi connectivity index (χ1n) is 3.98. The van der Waals surface area contributed by atoms with Crippen molar-refractivity contribution in [3.63, 3.8) is 0 Å². The molecule has 2 unspecified atom stereocenters. The normalized spacial score (nSPS) is 15.6. The molecule has 1 aromatic rings. The molecule has 0 bridgehead atoms. The third-order valence-corrected chi connectivity index (χ3v) is 2.09. The van der Waals surface area contributed by atoms with Crippen molar-refractivity contribution >= 4 is 35.0 Å². The van der Waals surface area contributed by atoms with E-state index in [1.54, 1.807) is 24.3 Å². The average molecular weight is 260 g/mol. The summed E-state index contributed by atoms with van der Waals surface area (Å²) in [7, 11) is 0. The summed E-state index contributed by atoms with van der Waals surface area (Å²) < 4.78 is 43.9. The highest BCUT2D eigenvalue weighted by molar-refractivity contribution is 7.78. The number of rotatable bonds is 4. The van der Waals surface area contributed by atoms with Gasteiger partial charge in [0.25, 0.3) is 22.5 Å². The van der Waals surface area contributed by atoms with Gasteiger partial charge in [-0.05, 0) is 11.1 Å². The summed E-state index contributed by atoms with van der Waals surface area (Å²) >= 11 is -4.42. The standard InChI is InChI=1S/C8H8N2O4S2/c11-15(12)9-5-7-1-2-8(4-3-7)6-10-16(13)14/h1-6H,(H,11,12)(H,13,14). The fourth-order valence-corrected chi connectivity index (χ4v) is 1.30. The number of hydrogen-bond acceptors (Lipinski definition) is 2. The van der Waals surface area contributed by atoms with Crippen LogP contribution < -0.4 is 0 Å². The molecule has 0 saturated carbocycles. The molecule has 16 heavy (non-hydrogen) atoms. The van der Waals surface area contributed by atoms with Crippen LogP contribution in [0.1, 0.15) is 11.1 Å². The van der Waals surface area contributed by atoms with E-state index in [2.05, 4.69) is 8.80 Å². The highest BCUT2D eigenvalue weighted by Crippen LogP contribution is 2.00. The Balaban J connectivity index is 2.75. The smallest absolute Gasteiger partial charge is 0.281 e. The Bertz CT molecular complexity index is 413. The Kier molecular flexibility index (Phi) is 5.12. The van der Waals surface area contributed by atoms with Gasteiger partial charge in [-0.25, -0.2) is 8.42 Å². The van der Waals surface area contributed by atoms with Crippen molar-refractivity contribution in [2.24, 2.45) is 8.80 Å². The summed E-state index contributed by atoms with van der Waals surface area (Å²) in [5.41, 5.74) is 1.29. The van der Waals surface area contributed by atoms with Crippen LogP contribution in [0.5, 0.6) is 0 Å². The van der Waals surface area contributed by atoms with E-state index in [-0.39, 0.29) is 0 Å². The molecular weight excluding hydrogens is 252 g/mol. The summed E-state index contributed by atoms with van der Waals surface area (Å²) in [5, 5.41) is 0. The fraction of sp³-hybridized carbons (Fsp3) is 0. The molecule has 0 heterocycles. The summed E-state index contributed by atoms with van der Waals surface area (Å²) in [6, 6.07) is 6.55. The van der Waals surface area contributed by atoms with Crippen molar-refractivity contribution < 1.29 is 17.5 Å². The van der Waals surface area contributed by atoms with Gasteiger partial charge in [0.15, 0.2) is 0 Å². The minimum atomic E-state index is -2.21. The zero-order chi connectivity index (χ0) is 12.0. The average Bonchev–Trinajstić information content (AvgIpc) is 2.25. The van der Waals surface area contributed by atoms with Crippen LogP contribution in [0.25, 0.3) is 0 Å². The van der Waals surface area contributed by atoms with Gasteiger partial charge in [-0.1, -0.05) is 24.3 Å². The maximum atomic E-state index is 10.2. The van der Waals surface area contributed by atoms with Crippen molar-refractivity contribution in [1.29, 1.82) is 0 Å². The van der Waals surface area contributed by atoms with Crippen LogP contribution in [0.4, 0.5) is 0 Å². The third-order valence-electron chi connectivity index (χ3n) is 1.52. The summed E-state index contributed by atoms with van der Waals surface area (Å²) in [6.45, 7) is 0. The SMILES string of the molecule is O=S(O)N=Cc1ccc(C=NS(=O)O)cc1. The van der Waals surface area contributed by atoms with Gasteiger partial charge in [-0.15, -0.1) is 0 Å². The van der Waals surface area contributed by atoms with Crippen LogP contribution >= 0.6 is 0 Å². The molecule has 2 N–H and O–H groups in total. The minimum absolute atomic E-state index is 0.643. The molecule has 0 aromatic heterocycles. The number of nitrogens with zero attached hydrogens (tertiary/aromatic N) is 2. The first-order valence-corrected chi connectivity index (χ1v) is 6.11. The van der Waals surface area contributed by atoms with Crippen LogP contribution in [-0.4, -0.2) is 30.0 Å². The van der Waals surface area contributed by atoms with Gasteiger partial charge >= 0.3 is 0 Å². The maximum absolute atomic E-state index is 10.2. The lowest BCUT2D eigenvalue weighted by atomic mass is 10.2. The van der Waals surface area contributed by atoms with E-state index in [4.69, 9.17) is 9.11 Å². The van der Waals surface area contributed by atoms with Crippen LogP contribution in [-0.2, 0) is 22.5 Å². The molecule has 0 amide bonds. The lowest BCUT2D eigenvalue weighted by Gasteiger charge is -1.93. The predicted molar refractivity (Wildman–Crippen MR) is 63.2 cm³/mol. The van der Waals surface area contributed by atoms with E-state index in [0.29, 0.717) is 11.1 Å². The molecule has 0 spiro atoms. The van der Waals surface area contributed by atoms with Gasteiger partial charge < -0.3 is 0 Å². The monoisotopic (exact) mass is 260 g/mol. The van der Waals surface area contributed by atoms with Crippen molar-refractivity contribution in [2.45, 2.75) is 0 Å². The second-order valence-corrected chi connectivity index (χ2v) is 3.94. The van der Waals surface area contributed by atoms with Crippen LogP contribution in [0.2, 0.25) is 0 Å². The molecule has 0 aliphatic carbocycles. The van der Waals surface area contributed by atoms with E-state index in [1.165, 1.54) is 12.4 Å². The van der Waals surface area contributed by atoms with Gasteiger partial charge in [0.2, 0.25) is 0 Å². The first-order chi connectivity index (χ1) is 7.58. The molecule has 0 aliphatic heterocycles. The molecule has 0 saturated heterocycles. The highest BCUT2D eigenvalue weighted by atomic mass is 32.2. The maximum Gasteiger partial charge on any atom is 0.281 e. The van der Waals surface area contributed by atoms with Gasteiger partial charge in [0, 0.05) is 12.4 Å². The Hall–Kier alpha value is -1.22. The van der Waals surface area contributed by atoms with E-state index in [9.17, 15) is 8.42 Å². The van der Waals surface area contributed by atoms with Gasteiger partial charge in [-0.2, -0.15) is 8.80 Å². The first kappa shape index (κ1) is 12.8. The molecule has 8 heteroatoms. The van der Waals surface area contributed by atoms with Crippen molar-refractivity contribution in [3.8, 4) is 0 Å². The Morgan fingerprint density at radius 3 is 1.44 bits per heavy atom. The van der Waals surface area contributed by atoms with Gasteiger partial charge in [-0.3, -0.25) is 9.11 Å². The summed E-state index contributed by atoms with van der Waals surface area (Å²) in [6.07, 6.45) is 2.50. The van der Waals surface area contributed by atoms with Crippen LogP contribution in [0.3, 0.4) is 0 Å². The molecule has 2 atom stereocenters. The summed E-state index contributed by atoms with van der Waals surface area (Å²) in [5.74, 6) is 0. The molecule has 1 rings (SSSR count). The molecule has 0 aliphatic rings. The zero-order valence-electron chi connectivity index (χ0n) is 7.89. The molecule has 86 valence electrons. The summed E-state index contributed by atoms with van der Waals surface area (Å²) in [4.78, 5) is 0. The lowest BCUT2D eigenvalue weighted by Crippen LogP contribution is -1.88. The largest absolute Gasteiger partial charge is 0.288 e. The van der Waals surface area contributed by atoms with E-state index in [1.807, 2.05) is 0 Å². The van der Waals surface area contributed by atoms with Crippen molar-refractivity contribution in [2.75, 3.05) is 0 Å². The van der Waals surface area contributed by atoms with Crippen molar-refractivity contribution in [1.82, 2.24) is 0 Å². The van der Waals surface area contributed by atoms with Crippen LogP contribution in [0.15, 0.2) is 33.1 Å². The molecule has 1 aromatic carbocycles. The van der Waals surface area contributed by atoms with E-state index < -0.39 is 22.5 Å². The predicted octanol–water partition coefficient (Wildman–Crippen LogP) is 0.798. The second kappa shape index (κ2) is 6.38. The highest BCUT2D eigenvalue weighted by Gasteiger charge is 1.91. The van der Waals surface area contributed by atoms with E-state index >= 15 is 0 Å². The van der Waals surface area contributed by atoms with Crippen LogP contribution in [0, 0.1) is 0 Å². The number of hydrogen-bond donors (Lipinski definition) is 2. The Labute approximate surface area is 97.0 Å². The number of benzene rings is 1. The third kappa shape index (κ3) is 5.03. The molecule has 6 nitrogen and oxygen atoms in total. The zero-order valence-corrected chi connectivity index (χ0v) is 9.52. The van der Waals surface area contributed by atoms with Crippen molar-refractivity contribution in [3.05, 3.63) is 35.4 Å². The molecule has 0 fully saturated rings. The molecule has 0 radical (unpaired) electrons. The fourth-order valence-electron chi connectivity index (χ4n) is 0.880. The minimum Gasteiger partial charge on any atom is -0.288 e. The van der Waals surface area contributed by atoms with Gasteiger partial charge in [0.1, 0.15) is 0 Å². The Morgan fingerprint density at radius 1 is 0.875 bits per heavy atom. The second-order valence-electron chi connectivity index (χ2n) is 2.60. The lowest BCUT2D eigenvalue weighted by molar-refractivity contribution is 0.565. The topological polar surface area (TPSA) is 99.3 Å². The van der Waals surface area contributed by atoms with Gasteiger partial charge in [0.05, 0.1) is 0 Å². The molecular formula is C8H8N2O4S2. The quantitative estimate of drug-likeness (QED) is 0.617. The Morgan fingerprint density at radius 2 is 1.19 bits per heavy atom. The van der Waals surface area contributed by atoms with E-state index in [0.717, 1.165) is 0 Å².